The first-order valence-corrected chi connectivity index (χ1v) is 12.6. The van der Waals surface area contributed by atoms with Crippen molar-refractivity contribution in [3.63, 3.8) is 0 Å². The third-order valence-electron chi connectivity index (χ3n) is 4.88. The highest BCUT2D eigenvalue weighted by atomic mass is 127. The van der Waals surface area contributed by atoms with Crippen LogP contribution in [0.25, 0.3) is 10.9 Å². The van der Waals surface area contributed by atoms with Crippen LogP contribution in [0.1, 0.15) is 16.1 Å². The number of aliphatic hydroxyl groups is 1. The molecule has 0 aliphatic heterocycles. The number of anilines is 2. The molecular weight excluding hydrogens is 585 g/mol. The lowest BCUT2D eigenvalue weighted by Crippen LogP contribution is -2.32. The highest BCUT2D eigenvalue weighted by molar-refractivity contribution is 14.1. The van der Waals surface area contributed by atoms with E-state index in [1.807, 2.05) is 33.8 Å². The maximum atomic E-state index is 11.7. The van der Waals surface area contributed by atoms with E-state index in [2.05, 4.69) is 4.72 Å². The van der Waals surface area contributed by atoms with Crippen molar-refractivity contribution >= 4 is 73.5 Å². The first-order valence-electron chi connectivity index (χ1n) is 9.72. The first kappa shape index (κ1) is 27.0. The molecule has 1 heterocycles. The molecule has 0 bridgehead atoms. The predicted molar refractivity (Wildman–Crippen MR) is 140 cm³/mol. The number of para-hydroxylation sites is 2. The lowest BCUT2D eigenvalue weighted by molar-refractivity contribution is 0.0690. The third kappa shape index (κ3) is 6.43. The highest BCUT2D eigenvalue weighted by Crippen LogP contribution is 2.31. The van der Waals surface area contributed by atoms with Gasteiger partial charge in [0.2, 0.25) is 10.0 Å². The number of carbonyl (C=O) groups is 1. The van der Waals surface area contributed by atoms with E-state index in [0.29, 0.717) is 35.8 Å². The van der Waals surface area contributed by atoms with Gasteiger partial charge >= 0.3 is 5.97 Å². The molecule has 1 aromatic heterocycles. The Morgan fingerprint density at radius 2 is 1.91 bits per heavy atom. The lowest BCUT2D eigenvalue weighted by atomic mass is 10.1. The summed E-state index contributed by atoms with van der Waals surface area (Å²) in [6.45, 7) is 2.62. The zero-order valence-electron chi connectivity index (χ0n) is 18.0. The monoisotopic (exact) mass is 609 g/mol. The number of carboxylic acid groups (broad SMARTS) is 1. The van der Waals surface area contributed by atoms with Gasteiger partial charge in [-0.3, -0.25) is 7.50 Å². The number of aromatic carboxylic acids is 1. The van der Waals surface area contributed by atoms with Crippen LogP contribution in [0.3, 0.4) is 0 Å². The van der Waals surface area contributed by atoms with Gasteiger partial charge in [0.1, 0.15) is 18.1 Å². The largest absolute Gasteiger partial charge is 0.492 e. The topological polar surface area (TPSA) is 121 Å². The van der Waals surface area contributed by atoms with Crippen molar-refractivity contribution in [2.75, 3.05) is 42.2 Å². The number of hydrogen-bond acceptors (Lipinski definition) is 6. The summed E-state index contributed by atoms with van der Waals surface area (Å²) in [5, 5.41) is 19.8. The normalized spacial score (nSPS) is 11.2. The van der Waals surface area contributed by atoms with Crippen LogP contribution in [0.4, 0.5) is 11.4 Å². The second kappa shape index (κ2) is 11.3. The standard InChI is InChI=1S/C21H24IN3O6S.ClH/c1-14-16-8-7-15(13-19(16)25(22)20(14)21(27)28)31-12-10-24(9-11-26)18-6-4-3-5-17(18)23-32(2,29)30;/h3-8,13,23,26H,9-12H2,1-2H3,(H,27,28);1H. The molecule has 0 unspecified atom stereocenters. The number of aryl methyl sites for hydroxylation is 1. The average Bonchev–Trinajstić information content (AvgIpc) is 2.96. The van der Waals surface area contributed by atoms with E-state index in [9.17, 15) is 23.4 Å². The Hall–Kier alpha value is -2.22. The summed E-state index contributed by atoms with van der Waals surface area (Å²) < 4.78 is 33.4. The fourth-order valence-electron chi connectivity index (χ4n) is 3.50. The predicted octanol–water partition coefficient (Wildman–Crippen LogP) is 3.52. The summed E-state index contributed by atoms with van der Waals surface area (Å²) in [7, 11) is -3.46. The number of sulfonamides is 1. The average molecular weight is 610 g/mol. The molecule has 0 aliphatic carbocycles. The van der Waals surface area contributed by atoms with E-state index in [1.54, 1.807) is 46.1 Å². The second-order valence-corrected chi connectivity index (χ2v) is 9.90. The number of nitrogens with one attached hydrogen (secondary N) is 1. The van der Waals surface area contributed by atoms with Crippen molar-refractivity contribution in [1.82, 2.24) is 2.78 Å². The van der Waals surface area contributed by atoms with Crippen LogP contribution < -0.4 is 14.4 Å². The quantitative estimate of drug-likeness (QED) is 0.301. The van der Waals surface area contributed by atoms with Crippen LogP contribution in [0, 0.1) is 6.92 Å². The molecule has 0 fully saturated rings. The molecule has 12 heteroatoms. The van der Waals surface area contributed by atoms with Crippen molar-refractivity contribution in [2.24, 2.45) is 0 Å². The van der Waals surface area contributed by atoms with Gasteiger partial charge in [-0.25, -0.2) is 13.2 Å². The maximum Gasteiger partial charge on any atom is 0.353 e. The number of fused-ring (bicyclic) bond motifs is 1. The fraction of sp³-hybridized carbons (Fsp3) is 0.286. The molecule has 3 rings (SSSR count). The van der Waals surface area contributed by atoms with Gasteiger partial charge in [0.15, 0.2) is 0 Å². The molecule has 33 heavy (non-hydrogen) atoms. The SMILES string of the molecule is Cc1c(C(=O)O)n(I)c2cc(OCCN(CCO)c3ccccc3NS(C)(=O)=O)ccc12.Cl. The molecule has 2 aromatic carbocycles. The highest BCUT2D eigenvalue weighted by Gasteiger charge is 2.19. The van der Waals surface area contributed by atoms with Gasteiger partial charge in [0, 0.05) is 18.0 Å². The molecule has 0 radical (unpaired) electrons. The Labute approximate surface area is 212 Å². The molecule has 0 atom stereocenters. The Morgan fingerprint density at radius 3 is 2.55 bits per heavy atom. The van der Waals surface area contributed by atoms with Gasteiger partial charge in [-0.05, 0) is 36.8 Å². The molecule has 9 nitrogen and oxygen atoms in total. The molecule has 0 aliphatic rings. The molecule has 3 aromatic rings. The van der Waals surface area contributed by atoms with Crippen LogP contribution in [-0.4, -0.2) is 59.9 Å². The van der Waals surface area contributed by atoms with Crippen molar-refractivity contribution in [3.8, 4) is 5.75 Å². The van der Waals surface area contributed by atoms with Gasteiger partial charge in [0.05, 0.1) is 59.2 Å². The molecule has 180 valence electrons. The van der Waals surface area contributed by atoms with Crippen molar-refractivity contribution in [3.05, 3.63) is 53.7 Å². The smallest absolute Gasteiger partial charge is 0.353 e. The summed E-state index contributed by atoms with van der Waals surface area (Å²) in [6.07, 6.45) is 1.08. The summed E-state index contributed by atoms with van der Waals surface area (Å²) in [5.41, 5.74) is 2.71. The molecule has 3 N–H and O–H groups in total. The Balaban J connectivity index is 0.00000385. The Kier molecular flexibility index (Phi) is 9.23. The molecular formula is C21H25ClIN3O6S. The minimum atomic E-state index is -3.46. The lowest BCUT2D eigenvalue weighted by Gasteiger charge is -2.26. The number of rotatable bonds is 10. The van der Waals surface area contributed by atoms with Crippen LogP contribution in [0.2, 0.25) is 0 Å². The summed E-state index contributed by atoms with van der Waals surface area (Å²) in [4.78, 5) is 13.4. The van der Waals surface area contributed by atoms with Gasteiger partial charge in [-0.2, -0.15) is 0 Å². The number of benzene rings is 2. The van der Waals surface area contributed by atoms with Crippen LogP contribution >= 0.6 is 35.3 Å². The number of aliphatic hydroxyl groups excluding tert-OH is 1. The maximum absolute atomic E-state index is 11.7. The number of ether oxygens (including phenoxy) is 1. The van der Waals surface area contributed by atoms with Crippen LogP contribution in [-0.2, 0) is 10.0 Å². The van der Waals surface area contributed by atoms with Crippen LogP contribution in [0.15, 0.2) is 42.5 Å². The van der Waals surface area contributed by atoms with Crippen LogP contribution in [0.5, 0.6) is 5.75 Å². The van der Waals surface area contributed by atoms with E-state index in [4.69, 9.17) is 4.74 Å². The van der Waals surface area contributed by atoms with E-state index >= 15 is 0 Å². The molecule has 0 amide bonds. The summed E-state index contributed by atoms with van der Waals surface area (Å²) in [6, 6.07) is 12.4. The molecule has 0 saturated heterocycles. The number of carboxylic acids is 1. The van der Waals surface area contributed by atoms with E-state index in [-0.39, 0.29) is 31.3 Å². The zero-order valence-corrected chi connectivity index (χ0v) is 21.8. The Bertz CT molecular complexity index is 1250. The fourth-order valence-corrected chi connectivity index (χ4v) is 5.04. The van der Waals surface area contributed by atoms with Crippen molar-refractivity contribution in [2.45, 2.75) is 6.92 Å². The van der Waals surface area contributed by atoms with Gasteiger partial charge in [-0.15, -0.1) is 12.4 Å². The number of aromatic nitrogens is 1. The zero-order chi connectivity index (χ0) is 23.5. The van der Waals surface area contributed by atoms with E-state index in [1.165, 1.54) is 0 Å². The van der Waals surface area contributed by atoms with Crippen molar-refractivity contribution < 1.29 is 28.2 Å². The van der Waals surface area contributed by atoms with Gasteiger partial charge < -0.3 is 19.8 Å². The number of halogens is 2. The summed E-state index contributed by atoms with van der Waals surface area (Å²) >= 11 is 1.96. The van der Waals surface area contributed by atoms with Crippen molar-refractivity contribution in [1.29, 1.82) is 0 Å². The van der Waals surface area contributed by atoms with Gasteiger partial charge in [-0.1, -0.05) is 12.1 Å². The minimum absolute atomic E-state index is 0. The molecule has 0 saturated carbocycles. The Morgan fingerprint density at radius 1 is 1.21 bits per heavy atom. The summed E-state index contributed by atoms with van der Waals surface area (Å²) in [5.74, 6) is -0.409. The second-order valence-electron chi connectivity index (χ2n) is 7.19. The third-order valence-corrected chi connectivity index (χ3v) is 6.47. The number of hydrogen-bond donors (Lipinski definition) is 3. The number of nitrogens with zero attached hydrogens (tertiary/aromatic N) is 2. The minimum Gasteiger partial charge on any atom is -0.492 e. The van der Waals surface area contributed by atoms with Gasteiger partial charge in [0.25, 0.3) is 0 Å². The van der Waals surface area contributed by atoms with E-state index in [0.717, 1.165) is 17.2 Å². The first-order chi connectivity index (χ1) is 15.1. The van der Waals surface area contributed by atoms with E-state index < -0.39 is 16.0 Å². The molecule has 0 spiro atoms.